The van der Waals surface area contributed by atoms with Crippen LogP contribution in [0.2, 0.25) is 0 Å². The van der Waals surface area contributed by atoms with E-state index in [-0.39, 0.29) is 0 Å². The monoisotopic (exact) mass is 290 g/mol. The number of carboxylic acid groups (broad SMARTS) is 1. The SMILES string of the molecule is CC(C(=O)O)c1ccc(CNN2C(C)CCCC2C)cc1. The number of carbonyl (C=O) groups is 1. The first-order valence-corrected chi connectivity index (χ1v) is 7.82. The van der Waals surface area contributed by atoms with Gasteiger partial charge < -0.3 is 5.11 Å². The molecule has 1 aromatic carbocycles. The molecular formula is C17H26N2O2. The normalized spacial score (nSPS) is 24.7. The molecule has 1 aromatic rings. The number of piperidine rings is 1. The summed E-state index contributed by atoms with van der Waals surface area (Å²) in [4.78, 5) is 11.0. The fraction of sp³-hybridized carbons (Fsp3) is 0.588. The van der Waals surface area contributed by atoms with E-state index in [0.29, 0.717) is 12.1 Å². The predicted octanol–water partition coefficient (Wildman–Crippen LogP) is 3.14. The molecule has 0 bridgehead atoms. The van der Waals surface area contributed by atoms with Crippen molar-refractivity contribution in [3.63, 3.8) is 0 Å². The average molecular weight is 290 g/mol. The van der Waals surface area contributed by atoms with Crippen molar-refractivity contribution >= 4 is 5.97 Å². The summed E-state index contributed by atoms with van der Waals surface area (Å²) < 4.78 is 0. The van der Waals surface area contributed by atoms with E-state index in [0.717, 1.165) is 12.1 Å². The Hall–Kier alpha value is -1.39. The van der Waals surface area contributed by atoms with Crippen molar-refractivity contribution in [3.05, 3.63) is 35.4 Å². The molecule has 2 N–H and O–H groups in total. The zero-order chi connectivity index (χ0) is 15.4. The summed E-state index contributed by atoms with van der Waals surface area (Å²) in [6.45, 7) is 7.03. The summed E-state index contributed by atoms with van der Waals surface area (Å²) in [5.41, 5.74) is 5.56. The fourth-order valence-electron chi connectivity index (χ4n) is 2.98. The first-order valence-electron chi connectivity index (χ1n) is 7.82. The minimum atomic E-state index is -0.781. The molecule has 0 amide bonds. The molecule has 1 fully saturated rings. The number of carboxylic acids is 1. The van der Waals surface area contributed by atoms with Gasteiger partial charge in [0.1, 0.15) is 0 Å². The van der Waals surface area contributed by atoms with Crippen LogP contribution in [0.5, 0.6) is 0 Å². The summed E-state index contributed by atoms with van der Waals surface area (Å²) >= 11 is 0. The van der Waals surface area contributed by atoms with Crippen LogP contribution in [0, 0.1) is 0 Å². The summed E-state index contributed by atoms with van der Waals surface area (Å²) in [7, 11) is 0. The molecule has 0 radical (unpaired) electrons. The van der Waals surface area contributed by atoms with Crippen LogP contribution in [-0.2, 0) is 11.3 Å². The molecule has 4 heteroatoms. The molecule has 3 atom stereocenters. The molecule has 0 saturated carbocycles. The van der Waals surface area contributed by atoms with Gasteiger partial charge in [-0.15, -0.1) is 0 Å². The van der Waals surface area contributed by atoms with Gasteiger partial charge in [0.15, 0.2) is 0 Å². The van der Waals surface area contributed by atoms with Crippen molar-refractivity contribution in [2.24, 2.45) is 0 Å². The van der Waals surface area contributed by atoms with E-state index in [2.05, 4.69) is 24.3 Å². The van der Waals surface area contributed by atoms with Crippen molar-refractivity contribution in [2.45, 2.75) is 64.6 Å². The molecule has 1 aliphatic heterocycles. The number of nitrogens with zero attached hydrogens (tertiary/aromatic N) is 1. The molecule has 3 unspecified atom stereocenters. The van der Waals surface area contributed by atoms with Gasteiger partial charge >= 0.3 is 5.97 Å². The molecule has 1 aliphatic rings. The topological polar surface area (TPSA) is 52.6 Å². The van der Waals surface area contributed by atoms with E-state index in [1.54, 1.807) is 6.92 Å². The lowest BCUT2D eigenvalue weighted by molar-refractivity contribution is -0.138. The maximum absolute atomic E-state index is 11.0. The highest BCUT2D eigenvalue weighted by molar-refractivity contribution is 5.75. The standard InChI is InChI=1S/C17H26N2O2/c1-12-5-4-6-13(2)19(12)18-11-15-7-9-16(10-8-15)14(3)17(20)21/h7-10,12-14,18H,4-6,11H2,1-3H3,(H,20,21). The maximum Gasteiger partial charge on any atom is 0.310 e. The van der Waals surface area contributed by atoms with Gasteiger partial charge in [-0.05, 0) is 44.7 Å². The van der Waals surface area contributed by atoms with Crippen LogP contribution in [0.15, 0.2) is 24.3 Å². The molecule has 2 rings (SSSR count). The first kappa shape index (κ1) is 16.0. The largest absolute Gasteiger partial charge is 0.481 e. The van der Waals surface area contributed by atoms with Crippen molar-refractivity contribution < 1.29 is 9.90 Å². The van der Waals surface area contributed by atoms with Crippen LogP contribution in [0.4, 0.5) is 0 Å². The zero-order valence-electron chi connectivity index (χ0n) is 13.2. The summed E-state index contributed by atoms with van der Waals surface area (Å²) in [6, 6.07) is 9.00. The van der Waals surface area contributed by atoms with Crippen molar-refractivity contribution in [3.8, 4) is 0 Å². The number of hydrogen-bond donors (Lipinski definition) is 2. The second-order valence-electron chi connectivity index (χ2n) is 6.17. The van der Waals surface area contributed by atoms with Gasteiger partial charge in [0.05, 0.1) is 5.92 Å². The van der Waals surface area contributed by atoms with E-state index in [9.17, 15) is 4.79 Å². The average Bonchev–Trinajstić information content (AvgIpc) is 2.46. The lowest BCUT2D eigenvalue weighted by Crippen LogP contribution is -2.51. The van der Waals surface area contributed by atoms with Gasteiger partial charge in [-0.3, -0.25) is 10.2 Å². The Morgan fingerprint density at radius 3 is 2.38 bits per heavy atom. The molecule has 0 aromatic heterocycles. The van der Waals surface area contributed by atoms with Gasteiger partial charge in [-0.1, -0.05) is 30.7 Å². The molecule has 0 spiro atoms. The highest BCUT2D eigenvalue weighted by Crippen LogP contribution is 2.21. The highest BCUT2D eigenvalue weighted by Gasteiger charge is 2.24. The predicted molar refractivity (Wildman–Crippen MR) is 83.9 cm³/mol. The number of benzene rings is 1. The maximum atomic E-state index is 11.0. The van der Waals surface area contributed by atoms with E-state index in [1.807, 2.05) is 24.3 Å². The van der Waals surface area contributed by atoms with E-state index in [1.165, 1.54) is 24.8 Å². The minimum absolute atomic E-state index is 0.450. The van der Waals surface area contributed by atoms with E-state index in [4.69, 9.17) is 5.11 Å². The number of nitrogens with one attached hydrogen (secondary N) is 1. The second kappa shape index (κ2) is 7.05. The third-order valence-corrected chi connectivity index (χ3v) is 4.51. The Kier molecular flexibility index (Phi) is 5.37. The summed E-state index contributed by atoms with van der Waals surface area (Å²) in [5, 5.41) is 11.4. The van der Waals surface area contributed by atoms with Gasteiger partial charge in [0.2, 0.25) is 0 Å². The molecule has 116 valence electrons. The second-order valence-corrected chi connectivity index (χ2v) is 6.17. The van der Waals surface area contributed by atoms with Crippen LogP contribution >= 0.6 is 0 Å². The van der Waals surface area contributed by atoms with Gasteiger partial charge in [-0.2, -0.15) is 0 Å². The molecule has 4 nitrogen and oxygen atoms in total. The highest BCUT2D eigenvalue weighted by atomic mass is 16.4. The lowest BCUT2D eigenvalue weighted by Gasteiger charge is -2.39. The Balaban J connectivity index is 1.93. The Morgan fingerprint density at radius 2 is 1.86 bits per heavy atom. The smallest absolute Gasteiger partial charge is 0.310 e. The molecule has 1 heterocycles. The van der Waals surface area contributed by atoms with Gasteiger partial charge in [0, 0.05) is 18.6 Å². The third kappa shape index (κ3) is 4.05. The quantitative estimate of drug-likeness (QED) is 0.874. The van der Waals surface area contributed by atoms with E-state index < -0.39 is 11.9 Å². The number of hydrazine groups is 1. The van der Waals surface area contributed by atoms with E-state index >= 15 is 0 Å². The Labute approximate surface area is 127 Å². The molecular weight excluding hydrogens is 264 g/mol. The Bertz CT molecular complexity index is 462. The summed E-state index contributed by atoms with van der Waals surface area (Å²) in [5.74, 6) is -1.23. The van der Waals surface area contributed by atoms with Crippen LogP contribution in [-0.4, -0.2) is 28.2 Å². The molecule has 1 saturated heterocycles. The fourth-order valence-corrected chi connectivity index (χ4v) is 2.98. The molecule has 21 heavy (non-hydrogen) atoms. The first-order chi connectivity index (χ1) is 9.99. The van der Waals surface area contributed by atoms with Crippen LogP contribution in [0.25, 0.3) is 0 Å². The zero-order valence-corrected chi connectivity index (χ0v) is 13.2. The number of hydrogen-bond acceptors (Lipinski definition) is 3. The van der Waals surface area contributed by atoms with Gasteiger partial charge in [-0.25, -0.2) is 5.01 Å². The van der Waals surface area contributed by atoms with Gasteiger partial charge in [0.25, 0.3) is 0 Å². The van der Waals surface area contributed by atoms with Crippen LogP contribution < -0.4 is 5.43 Å². The summed E-state index contributed by atoms with van der Waals surface area (Å²) in [6.07, 6.45) is 3.79. The number of rotatable bonds is 5. The Morgan fingerprint density at radius 1 is 1.29 bits per heavy atom. The van der Waals surface area contributed by atoms with Crippen molar-refractivity contribution in [1.82, 2.24) is 10.4 Å². The number of aliphatic carboxylic acids is 1. The lowest BCUT2D eigenvalue weighted by atomic mass is 9.99. The van der Waals surface area contributed by atoms with Crippen LogP contribution in [0.1, 0.15) is 57.1 Å². The van der Waals surface area contributed by atoms with Crippen molar-refractivity contribution in [2.75, 3.05) is 0 Å². The third-order valence-electron chi connectivity index (χ3n) is 4.51. The minimum Gasteiger partial charge on any atom is -0.481 e. The molecule has 0 aliphatic carbocycles. The van der Waals surface area contributed by atoms with Crippen molar-refractivity contribution in [1.29, 1.82) is 0 Å². The van der Waals surface area contributed by atoms with Crippen LogP contribution in [0.3, 0.4) is 0 Å².